The van der Waals surface area contributed by atoms with Crippen molar-refractivity contribution in [1.29, 1.82) is 0 Å². The van der Waals surface area contributed by atoms with E-state index in [-0.39, 0.29) is 25.0 Å². The SMILES string of the molecule is CC.CC1CN(CC(F)F)CC1OSO.O=CO. The van der Waals surface area contributed by atoms with Crippen LogP contribution in [0.2, 0.25) is 0 Å². The zero-order valence-electron chi connectivity index (χ0n) is 10.8. The Morgan fingerprint density at radius 3 is 2.39 bits per heavy atom. The van der Waals surface area contributed by atoms with Gasteiger partial charge in [-0.25, -0.2) is 8.78 Å². The molecule has 1 heterocycles. The maximum atomic E-state index is 12.0. The monoisotopic (exact) mass is 289 g/mol. The second kappa shape index (κ2) is 13.0. The van der Waals surface area contributed by atoms with Crippen molar-refractivity contribution >= 4 is 18.8 Å². The lowest BCUT2D eigenvalue weighted by molar-refractivity contribution is -0.122. The fraction of sp³-hybridized carbons (Fsp3) is 0.900. The fourth-order valence-electron chi connectivity index (χ4n) is 1.56. The van der Waals surface area contributed by atoms with Crippen LogP contribution < -0.4 is 0 Å². The summed E-state index contributed by atoms with van der Waals surface area (Å²) >= 11 is 0.309. The Bertz CT molecular complexity index is 201. The van der Waals surface area contributed by atoms with Crippen LogP contribution in [0.15, 0.2) is 0 Å². The molecule has 1 fully saturated rings. The highest BCUT2D eigenvalue weighted by Crippen LogP contribution is 2.22. The van der Waals surface area contributed by atoms with Crippen LogP contribution in [0.25, 0.3) is 0 Å². The molecule has 1 saturated heterocycles. The lowest BCUT2D eigenvalue weighted by atomic mass is 10.1. The summed E-state index contributed by atoms with van der Waals surface area (Å²) in [5.41, 5.74) is 0. The summed E-state index contributed by atoms with van der Waals surface area (Å²) in [5, 5.41) is 6.89. The molecule has 18 heavy (non-hydrogen) atoms. The van der Waals surface area contributed by atoms with E-state index in [4.69, 9.17) is 18.6 Å². The Labute approximate surface area is 111 Å². The minimum Gasteiger partial charge on any atom is -0.483 e. The van der Waals surface area contributed by atoms with Crippen molar-refractivity contribution in [3.8, 4) is 0 Å². The molecule has 0 bridgehead atoms. The van der Waals surface area contributed by atoms with Gasteiger partial charge in [0.25, 0.3) is 12.9 Å². The predicted molar refractivity (Wildman–Crippen MR) is 66.7 cm³/mol. The normalized spacial score (nSPS) is 22.8. The lowest BCUT2D eigenvalue weighted by Crippen LogP contribution is -2.27. The summed E-state index contributed by atoms with van der Waals surface area (Å²) in [6, 6.07) is 0. The first kappa shape index (κ1) is 19.9. The van der Waals surface area contributed by atoms with Gasteiger partial charge in [-0.15, -0.1) is 0 Å². The van der Waals surface area contributed by atoms with Crippen LogP contribution in [0, 0.1) is 5.92 Å². The van der Waals surface area contributed by atoms with Crippen LogP contribution >= 0.6 is 12.3 Å². The minimum absolute atomic E-state index is 0.145. The number of likely N-dealkylation sites (tertiary alicyclic amines) is 1. The van der Waals surface area contributed by atoms with Crippen LogP contribution in [-0.2, 0) is 8.98 Å². The highest BCUT2D eigenvalue weighted by atomic mass is 32.2. The van der Waals surface area contributed by atoms with Gasteiger partial charge in [0.15, 0.2) is 12.3 Å². The highest BCUT2D eigenvalue weighted by molar-refractivity contribution is 7.88. The second-order valence-corrected chi connectivity index (χ2v) is 3.74. The van der Waals surface area contributed by atoms with E-state index in [0.29, 0.717) is 25.4 Å². The van der Waals surface area contributed by atoms with Gasteiger partial charge in [-0.2, -0.15) is 0 Å². The summed E-state index contributed by atoms with van der Waals surface area (Å²) in [6.45, 7) is 6.54. The van der Waals surface area contributed by atoms with Crippen molar-refractivity contribution in [3.63, 3.8) is 0 Å². The number of nitrogens with zero attached hydrogens (tertiary/aromatic N) is 1. The first-order chi connectivity index (χ1) is 8.54. The van der Waals surface area contributed by atoms with Crippen molar-refractivity contribution < 1.29 is 27.4 Å². The van der Waals surface area contributed by atoms with Gasteiger partial charge in [0.05, 0.1) is 12.6 Å². The molecule has 0 aromatic rings. The molecule has 1 aliphatic heterocycles. The molecule has 0 radical (unpaired) electrons. The van der Waals surface area contributed by atoms with E-state index in [0.717, 1.165) is 0 Å². The van der Waals surface area contributed by atoms with Gasteiger partial charge in [-0.05, 0) is 5.92 Å². The molecule has 0 aliphatic carbocycles. The quantitative estimate of drug-likeness (QED) is 0.612. The first-order valence-corrected chi connectivity index (χ1v) is 6.30. The molecular formula is C10H21F2NO4S. The van der Waals surface area contributed by atoms with Crippen LogP contribution in [0.3, 0.4) is 0 Å². The molecule has 2 unspecified atom stereocenters. The molecule has 0 aromatic heterocycles. The number of alkyl halides is 2. The zero-order valence-corrected chi connectivity index (χ0v) is 11.6. The number of hydrogen-bond acceptors (Lipinski definition) is 5. The average molecular weight is 289 g/mol. The highest BCUT2D eigenvalue weighted by Gasteiger charge is 2.31. The van der Waals surface area contributed by atoms with Gasteiger partial charge in [-0.1, -0.05) is 20.8 Å². The number of hydrogen-bond donors (Lipinski definition) is 2. The second-order valence-electron chi connectivity index (χ2n) is 3.40. The maximum Gasteiger partial charge on any atom is 0.290 e. The number of carbonyl (C=O) groups is 1. The summed E-state index contributed by atoms with van der Waals surface area (Å²) in [6.07, 6.45) is -2.44. The van der Waals surface area contributed by atoms with Crippen LogP contribution in [-0.4, -0.2) is 53.2 Å². The Hall–Kier alpha value is -0.440. The Kier molecular flexibility index (Phi) is 14.4. The molecule has 0 saturated carbocycles. The first-order valence-electron chi connectivity index (χ1n) is 5.60. The third kappa shape index (κ3) is 9.58. The molecule has 1 rings (SSSR count). The molecule has 2 N–H and O–H groups in total. The number of carboxylic acid groups (broad SMARTS) is 1. The van der Waals surface area contributed by atoms with Crippen molar-refractivity contribution in [2.45, 2.75) is 33.3 Å². The number of halogens is 2. The maximum absolute atomic E-state index is 12.0. The van der Waals surface area contributed by atoms with Crippen LogP contribution in [0.1, 0.15) is 20.8 Å². The standard InChI is InChI=1S/C7H13F2NO2S.C2H6.CH2O2/c1-5-2-10(4-7(8)9)3-6(5)12-13-11;1-2;2-1-3/h5-7,11H,2-4H2,1H3;1-2H3;1H,(H,2,3). The van der Waals surface area contributed by atoms with Gasteiger partial charge in [0.1, 0.15) is 0 Å². The van der Waals surface area contributed by atoms with E-state index in [1.54, 1.807) is 4.90 Å². The Balaban J connectivity index is 0. The van der Waals surface area contributed by atoms with Gasteiger partial charge < -0.3 is 9.66 Å². The minimum atomic E-state index is -2.30. The molecule has 110 valence electrons. The van der Waals surface area contributed by atoms with Gasteiger partial charge >= 0.3 is 0 Å². The molecule has 0 spiro atoms. The molecular weight excluding hydrogens is 268 g/mol. The van der Waals surface area contributed by atoms with Crippen LogP contribution in [0.5, 0.6) is 0 Å². The van der Waals surface area contributed by atoms with Gasteiger partial charge in [0.2, 0.25) is 0 Å². The largest absolute Gasteiger partial charge is 0.483 e. The summed E-state index contributed by atoms with van der Waals surface area (Å²) in [7, 11) is 0. The smallest absolute Gasteiger partial charge is 0.290 e. The average Bonchev–Trinajstić information content (AvgIpc) is 2.63. The molecule has 2 atom stereocenters. The third-order valence-corrected chi connectivity index (χ3v) is 2.52. The molecule has 0 amide bonds. The van der Waals surface area contributed by atoms with Gasteiger partial charge in [-0.3, -0.25) is 13.9 Å². The van der Waals surface area contributed by atoms with Crippen molar-refractivity contribution in [2.75, 3.05) is 19.6 Å². The number of rotatable bonds is 4. The van der Waals surface area contributed by atoms with E-state index >= 15 is 0 Å². The molecule has 0 aromatic carbocycles. The molecule has 5 nitrogen and oxygen atoms in total. The molecule has 1 aliphatic rings. The van der Waals surface area contributed by atoms with E-state index in [1.165, 1.54) is 0 Å². The Morgan fingerprint density at radius 2 is 2.00 bits per heavy atom. The predicted octanol–water partition coefficient (Wildman–Crippen LogP) is 2.44. The lowest BCUT2D eigenvalue weighted by Gasteiger charge is -2.13. The van der Waals surface area contributed by atoms with E-state index in [1.807, 2.05) is 20.8 Å². The van der Waals surface area contributed by atoms with E-state index < -0.39 is 6.43 Å². The van der Waals surface area contributed by atoms with Crippen molar-refractivity contribution in [1.82, 2.24) is 4.90 Å². The van der Waals surface area contributed by atoms with Crippen molar-refractivity contribution in [2.24, 2.45) is 5.92 Å². The Morgan fingerprint density at radius 1 is 1.50 bits per heavy atom. The topological polar surface area (TPSA) is 70.0 Å². The van der Waals surface area contributed by atoms with Crippen molar-refractivity contribution in [3.05, 3.63) is 0 Å². The zero-order chi connectivity index (χ0) is 14.6. The summed E-state index contributed by atoms with van der Waals surface area (Å²) in [5.74, 6) is 0.193. The van der Waals surface area contributed by atoms with E-state index in [2.05, 4.69) is 0 Å². The summed E-state index contributed by atoms with van der Waals surface area (Å²) in [4.78, 5) is 10.0. The third-order valence-electron chi connectivity index (χ3n) is 2.18. The van der Waals surface area contributed by atoms with E-state index in [9.17, 15) is 8.78 Å². The van der Waals surface area contributed by atoms with Gasteiger partial charge in [0, 0.05) is 13.1 Å². The summed E-state index contributed by atoms with van der Waals surface area (Å²) < 4.78 is 37.3. The fourth-order valence-corrected chi connectivity index (χ4v) is 1.92. The van der Waals surface area contributed by atoms with Crippen LogP contribution in [0.4, 0.5) is 8.78 Å². The molecule has 8 heteroatoms.